The Kier molecular flexibility index (Phi) is 8.58. The van der Waals surface area contributed by atoms with E-state index in [1.54, 1.807) is 0 Å². The Labute approximate surface area is 133 Å². The van der Waals surface area contributed by atoms with E-state index in [0.29, 0.717) is 5.92 Å². The Balaban J connectivity index is 4.61. The summed E-state index contributed by atoms with van der Waals surface area (Å²) in [5, 5.41) is 3.23. The number of carbonyl (C=O) groups excluding carboxylic acids is 1. The number of carbonyl (C=O) groups is 1. The van der Waals surface area contributed by atoms with Crippen LogP contribution in [-0.4, -0.2) is 12.5 Å². The Morgan fingerprint density at radius 1 is 1.05 bits per heavy atom. The van der Waals surface area contributed by atoms with Gasteiger partial charge in [-0.05, 0) is 29.6 Å². The fourth-order valence-electron chi connectivity index (χ4n) is 2.72. The van der Waals surface area contributed by atoms with Crippen molar-refractivity contribution in [3.63, 3.8) is 0 Å². The van der Waals surface area contributed by atoms with Crippen molar-refractivity contribution in [3.05, 3.63) is 0 Å². The maximum absolute atomic E-state index is 12.7. The molecule has 0 fully saturated rings. The molecule has 0 radical (unpaired) electrons. The largest absolute Gasteiger partial charge is 0.356 e. The van der Waals surface area contributed by atoms with Gasteiger partial charge in [-0.3, -0.25) is 4.79 Å². The number of amides is 1. The molecule has 0 heterocycles. The highest BCUT2D eigenvalue weighted by Gasteiger charge is 2.34. The molecule has 0 aliphatic heterocycles. The smallest absolute Gasteiger partial charge is 0.223 e. The second-order valence-electron chi connectivity index (χ2n) is 8.85. The summed E-state index contributed by atoms with van der Waals surface area (Å²) in [6.45, 7) is 18.5. The monoisotopic (exact) mass is 297 g/mol. The zero-order valence-corrected chi connectivity index (χ0v) is 15.8. The molecule has 0 aromatic heterocycles. The van der Waals surface area contributed by atoms with Gasteiger partial charge in [0, 0.05) is 12.5 Å². The summed E-state index contributed by atoms with van der Waals surface area (Å²) in [4.78, 5) is 12.7. The molecule has 1 amide bonds. The van der Waals surface area contributed by atoms with Crippen LogP contribution in [0.25, 0.3) is 0 Å². The van der Waals surface area contributed by atoms with Gasteiger partial charge >= 0.3 is 0 Å². The Hall–Kier alpha value is -0.530. The lowest BCUT2D eigenvalue weighted by Gasteiger charge is -2.34. The van der Waals surface area contributed by atoms with Crippen LogP contribution in [0, 0.1) is 22.7 Å². The van der Waals surface area contributed by atoms with Crippen molar-refractivity contribution < 1.29 is 4.79 Å². The first-order valence-electron chi connectivity index (χ1n) is 8.79. The lowest BCUT2D eigenvalue weighted by molar-refractivity contribution is -0.129. The standard InChI is InChI=1S/C19H39NO/c1-9-11-12-15(10-2)14-20-17(21)16(19(6,7)8)13-18(3,4)5/h15-16H,9-14H2,1-8H3,(H,20,21). The summed E-state index contributed by atoms with van der Waals surface area (Å²) in [5.74, 6) is 0.956. The Morgan fingerprint density at radius 2 is 1.62 bits per heavy atom. The third-order valence-electron chi connectivity index (χ3n) is 4.29. The van der Waals surface area contributed by atoms with Crippen molar-refractivity contribution in [2.75, 3.05) is 6.54 Å². The number of unbranched alkanes of at least 4 members (excludes halogenated alkanes) is 1. The number of hydrogen-bond acceptors (Lipinski definition) is 1. The number of rotatable bonds is 8. The first-order valence-corrected chi connectivity index (χ1v) is 8.79. The molecular weight excluding hydrogens is 258 g/mol. The highest BCUT2D eigenvalue weighted by molar-refractivity contribution is 5.79. The van der Waals surface area contributed by atoms with Crippen molar-refractivity contribution >= 4 is 5.91 Å². The van der Waals surface area contributed by atoms with Crippen LogP contribution in [0.3, 0.4) is 0 Å². The van der Waals surface area contributed by atoms with E-state index in [1.807, 2.05) is 0 Å². The minimum atomic E-state index is 0.0164. The Morgan fingerprint density at radius 3 is 2.00 bits per heavy atom. The van der Waals surface area contributed by atoms with Crippen LogP contribution < -0.4 is 5.32 Å². The van der Waals surface area contributed by atoms with Gasteiger partial charge < -0.3 is 5.32 Å². The van der Waals surface area contributed by atoms with Crippen molar-refractivity contribution in [1.82, 2.24) is 5.32 Å². The average molecular weight is 298 g/mol. The lowest BCUT2D eigenvalue weighted by Crippen LogP contribution is -2.41. The van der Waals surface area contributed by atoms with Crippen LogP contribution in [0.15, 0.2) is 0 Å². The molecule has 0 aromatic carbocycles. The molecule has 2 nitrogen and oxygen atoms in total. The number of nitrogens with one attached hydrogen (secondary N) is 1. The van der Waals surface area contributed by atoms with E-state index in [9.17, 15) is 4.79 Å². The highest BCUT2D eigenvalue weighted by atomic mass is 16.1. The SMILES string of the molecule is CCCCC(CC)CNC(=O)C(CC(C)(C)C)C(C)(C)C. The summed E-state index contributed by atoms with van der Waals surface area (Å²) in [5.41, 5.74) is 0.199. The van der Waals surface area contributed by atoms with Crippen molar-refractivity contribution in [2.24, 2.45) is 22.7 Å². The lowest BCUT2D eigenvalue weighted by atomic mass is 9.71. The summed E-state index contributed by atoms with van der Waals surface area (Å²) >= 11 is 0. The molecule has 0 saturated carbocycles. The van der Waals surface area contributed by atoms with Gasteiger partial charge in [0.2, 0.25) is 5.91 Å². The third-order valence-corrected chi connectivity index (χ3v) is 4.29. The molecule has 2 unspecified atom stereocenters. The maximum atomic E-state index is 12.7. The molecule has 0 aliphatic carbocycles. The fraction of sp³-hybridized carbons (Fsp3) is 0.947. The van der Waals surface area contributed by atoms with E-state index in [2.05, 4.69) is 60.7 Å². The summed E-state index contributed by atoms with van der Waals surface area (Å²) in [7, 11) is 0. The zero-order valence-electron chi connectivity index (χ0n) is 15.8. The van der Waals surface area contributed by atoms with E-state index in [1.165, 1.54) is 19.3 Å². The molecule has 0 aromatic rings. The fourth-order valence-corrected chi connectivity index (χ4v) is 2.72. The van der Waals surface area contributed by atoms with E-state index in [4.69, 9.17) is 0 Å². The second-order valence-corrected chi connectivity index (χ2v) is 8.85. The van der Waals surface area contributed by atoms with E-state index in [-0.39, 0.29) is 22.7 Å². The molecule has 0 spiro atoms. The van der Waals surface area contributed by atoms with Crippen molar-refractivity contribution in [3.8, 4) is 0 Å². The molecule has 0 bridgehead atoms. The summed E-state index contributed by atoms with van der Waals surface area (Å²) in [6.07, 6.45) is 5.82. The molecule has 0 aliphatic rings. The molecule has 21 heavy (non-hydrogen) atoms. The maximum Gasteiger partial charge on any atom is 0.223 e. The molecule has 0 rings (SSSR count). The van der Waals surface area contributed by atoms with Crippen LogP contribution in [0.4, 0.5) is 0 Å². The normalized spacial score (nSPS) is 15.6. The summed E-state index contributed by atoms with van der Waals surface area (Å²) < 4.78 is 0. The second kappa shape index (κ2) is 8.80. The molecule has 2 heteroatoms. The minimum Gasteiger partial charge on any atom is -0.356 e. The van der Waals surface area contributed by atoms with Crippen LogP contribution in [0.5, 0.6) is 0 Å². The van der Waals surface area contributed by atoms with Crippen molar-refractivity contribution in [2.45, 2.75) is 87.5 Å². The van der Waals surface area contributed by atoms with E-state index >= 15 is 0 Å². The Bertz CT molecular complexity index is 296. The zero-order chi connectivity index (χ0) is 16.7. The molecular formula is C19H39NO. The summed E-state index contributed by atoms with van der Waals surface area (Å²) in [6, 6.07) is 0. The predicted molar refractivity (Wildman–Crippen MR) is 93.3 cm³/mol. The van der Waals surface area contributed by atoms with Crippen LogP contribution >= 0.6 is 0 Å². The van der Waals surface area contributed by atoms with Gasteiger partial charge in [-0.25, -0.2) is 0 Å². The van der Waals surface area contributed by atoms with Crippen LogP contribution in [-0.2, 0) is 4.79 Å². The van der Waals surface area contributed by atoms with E-state index in [0.717, 1.165) is 19.4 Å². The van der Waals surface area contributed by atoms with Crippen LogP contribution in [0.1, 0.15) is 87.5 Å². The van der Waals surface area contributed by atoms with Crippen LogP contribution in [0.2, 0.25) is 0 Å². The van der Waals surface area contributed by atoms with Gasteiger partial charge in [-0.2, -0.15) is 0 Å². The molecule has 126 valence electrons. The van der Waals surface area contributed by atoms with E-state index < -0.39 is 0 Å². The van der Waals surface area contributed by atoms with Gasteiger partial charge in [0.25, 0.3) is 0 Å². The highest BCUT2D eigenvalue weighted by Crippen LogP contribution is 2.36. The molecule has 1 N–H and O–H groups in total. The van der Waals surface area contributed by atoms with Gasteiger partial charge in [-0.15, -0.1) is 0 Å². The van der Waals surface area contributed by atoms with Gasteiger partial charge in [0.15, 0.2) is 0 Å². The third kappa shape index (κ3) is 9.16. The topological polar surface area (TPSA) is 29.1 Å². The van der Waals surface area contributed by atoms with Gasteiger partial charge in [-0.1, -0.05) is 74.7 Å². The minimum absolute atomic E-state index is 0.0164. The quantitative estimate of drug-likeness (QED) is 0.637. The van der Waals surface area contributed by atoms with Gasteiger partial charge in [0.05, 0.1) is 0 Å². The van der Waals surface area contributed by atoms with Gasteiger partial charge in [0.1, 0.15) is 0 Å². The molecule has 0 saturated heterocycles. The average Bonchev–Trinajstić information content (AvgIpc) is 2.33. The predicted octanol–water partition coefficient (Wildman–Crippen LogP) is 5.42. The molecule has 2 atom stereocenters. The number of hydrogen-bond donors (Lipinski definition) is 1. The first kappa shape index (κ1) is 20.5. The first-order chi connectivity index (χ1) is 9.51. The van der Waals surface area contributed by atoms with Crippen molar-refractivity contribution in [1.29, 1.82) is 0 Å².